The van der Waals surface area contributed by atoms with E-state index in [1.54, 1.807) is 19.1 Å². The Balaban J connectivity index is 1.29. The molecule has 1 amide bonds. The standard InChI is InChI=1S/C24H28N4O3/c1-27(17-22-25-23(26-31-22)20-9-6-10-21(15-20)30-2)24(29)19-11-13-28(14-12-19)16-18-7-4-3-5-8-18/h3-10,15,19H,11-14,16-17H2,1-2H3. The van der Waals surface area contributed by atoms with Gasteiger partial charge in [0.2, 0.25) is 17.6 Å². The van der Waals surface area contributed by atoms with Crippen molar-refractivity contribution in [3.05, 3.63) is 66.1 Å². The summed E-state index contributed by atoms with van der Waals surface area (Å²) in [5, 5.41) is 4.05. The van der Waals surface area contributed by atoms with Crippen LogP contribution in [0.15, 0.2) is 59.1 Å². The lowest BCUT2D eigenvalue weighted by Gasteiger charge is -2.32. The molecule has 0 bridgehead atoms. The van der Waals surface area contributed by atoms with E-state index < -0.39 is 0 Å². The molecule has 2 aromatic carbocycles. The van der Waals surface area contributed by atoms with E-state index in [2.05, 4.69) is 39.3 Å². The Morgan fingerprint density at radius 1 is 1.16 bits per heavy atom. The van der Waals surface area contributed by atoms with Crippen molar-refractivity contribution in [2.45, 2.75) is 25.9 Å². The van der Waals surface area contributed by atoms with E-state index in [0.29, 0.717) is 18.3 Å². The highest BCUT2D eigenvalue weighted by Gasteiger charge is 2.28. The second kappa shape index (κ2) is 9.75. The van der Waals surface area contributed by atoms with Crippen LogP contribution in [0.2, 0.25) is 0 Å². The minimum Gasteiger partial charge on any atom is -0.497 e. The van der Waals surface area contributed by atoms with E-state index in [-0.39, 0.29) is 11.8 Å². The van der Waals surface area contributed by atoms with Gasteiger partial charge in [0.15, 0.2) is 0 Å². The molecule has 162 valence electrons. The zero-order chi connectivity index (χ0) is 21.6. The monoisotopic (exact) mass is 420 g/mol. The minimum absolute atomic E-state index is 0.0396. The van der Waals surface area contributed by atoms with E-state index in [4.69, 9.17) is 9.26 Å². The molecule has 1 aromatic heterocycles. The number of rotatable bonds is 7. The van der Waals surface area contributed by atoms with E-state index in [9.17, 15) is 4.79 Å². The summed E-state index contributed by atoms with van der Waals surface area (Å²) in [7, 11) is 3.42. The SMILES string of the molecule is COc1cccc(-c2noc(CN(C)C(=O)C3CCN(Cc4ccccc4)CC3)n2)c1. The van der Waals surface area contributed by atoms with Gasteiger partial charge in [-0.1, -0.05) is 47.6 Å². The summed E-state index contributed by atoms with van der Waals surface area (Å²) < 4.78 is 10.6. The molecule has 1 aliphatic heterocycles. The van der Waals surface area contributed by atoms with E-state index in [0.717, 1.165) is 43.8 Å². The van der Waals surface area contributed by atoms with Crippen LogP contribution in [0.4, 0.5) is 0 Å². The van der Waals surface area contributed by atoms with Gasteiger partial charge in [0.25, 0.3) is 0 Å². The molecule has 0 aliphatic carbocycles. The third kappa shape index (κ3) is 5.30. The molecule has 3 aromatic rings. The summed E-state index contributed by atoms with van der Waals surface area (Å²) in [5.41, 5.74) is 2.13. The third-order valence-electron chi connectivity index (χ3n) is 5.73. The minimum atomic E-state index is 0.0396. The van der Waals surface area contributed by atoms with Crippen LogP contribution >= 0.6 is 0 Å². The number of aromatic nitrogens is 2. The molecule has 4 rings (SSSR count). The zero-order valence-corrected chi connectivity index (χ0v) is 18.0. The Bertz CT molecular complexity index is 997. The predicted octanol–water partition coefficient (Wildman–Crippen LogP) is 3.62. The number of piperidine rings is 1. The lowest BCUT2D eigenvalue weighted by molar-refractivity contribution is -0.136. The Hall–Kier alpha value is -3.19. The third-order valence-corrected chi connectivity index (χ3v) is 5.73. The van der Waals surface area contributed by atoms with E-state index in [1.165, 1.54) is 5.56 Å². The summed E-state index contributed by atoms with van der Waals surface area (Å²) >= 11 is 0. The van der Waals surface area contributed by atoms with Gasteiger partial charge in [0, 0.05) is 25.1 Å². The van der Waals surface area contributed by atoms with Gasteiger partial charge < -0.3 is 14.2 Å². The fraction of sp³-hybridized carbons (Fsp3) is 0.375. The fourth-order valence-corrected chi connectivity index (χ4v) is 3.97. The van der Waals surface area contributed by atoms with Gasteiger partial charge in [-0.2, -0.15) is 4.98 Å². The first kappa shape index (κ1) is 21.1. The van der Waals surface area contributed by atoms with Crippen LogP contribution in [-0.2, 0) is 17.9 Å². The lowest BCUT2D eigenvalue weighted by atomic mass is 9.95. The molecule has 7 heteroatoms. The van der Waals surface area contributed by atoms with Gasteiger partial charge in [0.1, 0.15) is 5.75 Å². The molecule has 31 heavy (non-hydrogen) atoms. The van der Waals surface area contributed by atoms with Crippen molar-refractivity contribution >= 4 is 5.91 Å². The summed E-state index contributed by atoms with van der Waals surface area (Å²) in [5.74, 6) is 1.83. The van der Waals surface area contributed by atoms with Crippen LogP contribution in [0.5, 0.6) is 5.75 Å². The maximum absolute atomic E-state index is 12.9. The highest BCUT2D eigenvalue weighted by Crippen LogP contribution is 2.23. The smallest absolute Gasteiger partial charge is 0.246 e. The van der Waals surface area contributed by atoms with Gasteiger partial charge in [-0.15, -0.1) is 0 Å². The highest BCUT2D eigenvalue weighted by atomic mass is 16.5. The molecular weight excluding hydrogens is 392 g/mol. The fourth-order valence-electron chi connectivity index (χ4n) is 3.97. The van der Waals surface area contributed by atoms with Crippen LogP contribution < -0.4 is 4.74 Å². The lowest BCUT2D eigenvalue weighted by Crippen LogP contribution is -2.40. The van der Waals surface area contributed by atoms with Crippen LogP contribution in [0.3, 0.4) is 0 Å². The number of benzene rings is 2. The second-order valence-electron chi connectivity index (χ2n) is 7.97. The number of amides is 1. The van der Waals surface area contributed by atoms with Gasteiger partial charge in [-0.3, -0.25) is 9.69 Å². The highest BCUT2D eigenvalue weighted by molar-refractivity contribution is 5.78. The maximum Gasteiger partial charge on any atom is 0.246 e. The molecule has 0 unspecified atom stereocenters. The molecule has 0 N–H and O–H groups in total. The molecule has 0 atom stereocenters. The molecule has 1 saturated heterocycles. The van der Waals surface area contributed by atoms with Gasteiger partial charge in [-0.05, 0) is 43.6 Å². The number of hydrogen-bond donors (Lipinski definition) is 0. The van der Waals surface area contributed by atoms with Crippen molar-refractivity contribution in [3.63, 3.8) is 0 Å². The molecule has 1 aliphatic rings. The largest absolute Gasteiger partial charge is 0.497 e. The summed E-state index contributed by atoms with van der Waals surface area (Å²) in [6.45, 7) is 3.10. The number of nitrogens with zero attached hydrogens (tertiary/aromatic N) is 4. The Kier molecular flexibility index (Phi) is 6.62. The quantitative estimate of drug-likeness (QED) is 0.581. The average Bonchev–Trinajstić information content (AvgIpc) is 3.28. The summed E-state index contributed by atoms with van der Waals surface area (Å²) in [6.07, 6.45) is 1.74. The van der Waals surface area contributed by atoms with Crippen LogP contribution in [-0.4, -0.2) is 53.1 Å². The van der Waals surface area contributed by atoms with Crippen molar-refractivity contribution in [2.75, 3.05) is 27.2 Å². The van der Waals surface area contributed by atoms with Crippen molar-refractivity contribution in [1.29, 1.82) is 0 Å². The number of methoxy groups -OCH3 is 1. The first-order chi connectivity index (χ1) is 15.1. The topological polar surface area (TPSA) is 71.7 Å². The zero-order valence-electron chi connectivity index (χ0n) is 18.0. The number of likely N-dealkylation sites (tertiary alicyclic amines) is 1. The second-order valence-corrected chi connectivity index (χ2v) is 7.97. The normalized spacial score (nSPS) is 15.0. The average molecular weight is 421 g/mol. The number of ether oxygens (including phenoxy) is 1. The van der Waals surface area contributed by atoms with Crippen molar-refractivity contribution < 1.29 is 14.1 Å². The van der Waals surface area contributed by atoms with Crippen molar-refractivity contribution in [2.24, 2.45) is 5.92 Å². The maximum atomic E-state index is 12.9. The van der Waals surface area contributed by atoms with Gasteiger partial charge >= 0.3 is 0 Å². The molecule has 0 saturated carbocycles. The predicted molar refractivity (Wildman–Crippen MR) is 117 cm³/mol. The van der Waals surface area contributed by atoms with Crippen LogP contribution in [0.25, 0.3) is 11.4 Å². The Morgan fingerprint density at radius 3 is 2.68 bits per heavy atom. The number of carbonyl (C=O) groups is 1. The molecular formula is C24H28N4O3. The molecule has 0 radical (unpaired) electrons. The Labute approximate surface area is 182 Å². The number of hydrogen-bond acceptors (Lipinski definition) is 6. The first-order valence-corrected chi connectivity index (χ1v) is 10.6. The first-order valence-electron chi connectivity index (χ1n) is 10.6. The summed E-state index contributed by atoms with van der Waals surface area (Å²) in [6, 6.07) is 18.0. The molecule has 0 spiro atoms. The van der Waals surface area contributed by atoms with Crippen molar-refractivity contribution in [3.8, 4) is 17.1 Å². The number of carbonyl (C=O) groups excluding carboxylic acids is 1. The van der Waals surface area contributed by atoms with E-state index in [1.807, 2.05) is 30.3 Å². The van der Waals surface area contributed by atoms with Gasteiger partial charge in [0.05, 0.1) is 13.7 Å². The molecule has 7 nitrogen and oxygen atoms in total. The van der Waals surface area contributed by atoms with Crippen LogP contribution in [0.1, 0.15) is 24.3 Å². The Morgan fingerprint density at radius 2 is 1.94 bits per heavy atom. The van der Waals surface area contributed by atoms with Gasteiger partial charge in [-0.25, -0.2) is 0 Å². The summed E-state index contributed by atoms with van der Waals surface area (Å²) in [4.78, 5) is 21.5. The van der Waals surface area contributed by atoms with Crippen LogP contribution in [0, 0.1) is 5.92 Å². The van der Waals surface area contributed by atoms with E-state index >= 15 is 0 Å². The molecule has 1 fully saturated rings. The molecule has 2 heterocycles. The van der Waals surface area contributed by atoms with Crippen molar-refractivity contribution in [1.82, 2.24) is 19.9 Å².